The van der Waals surface area contributed by atoms with Crippen molar-refractivity contribution in [3.05, 3.63) is 22.3 Å². The van der Waals surface area contributed by atoms with Crippen molar-refractivity contribution in [2.75, 3.05) is 11.9 Å². The lowest BCUT2D eigenvalue weighted by Gasteiger charge is -2.13. The quantitative estimate of drug-likeness (QED) is 0.903. The summed E-state index contributed by atoms with van der Waals surface area (Å²) < 4.78 is 1.04. The molecule has 1 saturated carbocycles. The molecule has 1 fully saturated rings. The second-order valence-electron chi connectivity index (χ2n) is 4.51. The number of hydrogen-bond donors (Lipinski definition) is 1. The van der Waals surface area contributed by atoms with Crippen molar-refractivity contribution in [3.8, 4) is 0 Å². The lowest BCUT2D eigenvalue weighted by molar-refractivity contribution is 0.536. The smallest absolute Gasteiger partial charge is 0.128 e. The first-order valence-electron chi connectivity index (χ1n) is 5.53. The second kappa shape index (κ2) is 4.52. The summed E-state index contributed by atoms with van der Waals surface area (Å²) in [6, 6.07) is 2.09. The summed E-state index contributed by atoms with van der Waals surface area (Å²) >= 11 is 3.42. The van der Waals surface area contributed by atoms with Crippen LogP contribution in [0, 0.1) is 18.8 Å². The van der Waals surface area contributed by atoms with Crippen LogP contribution in [-0.4, -0.2) is 11.5 Å². The third-order valence-corrected chi connectivity index (χ3v) is 3.50. The number of anilines is 1. The normalized spacial score (nSPS) is 17.5. The highest BCUT2D eigenvalue weighted by Gasteiger charge is 2.27. The molecule has 0 spiro atoms. The van der Waals surface area contributed by atoms with Crippen molar-refractivity contribution in [1.82, 2.24) is 4.98 Å². The molecule has 1 aromatic rings. The fourth-order valence-corrected chi connectivity index (χ4v) is 2.26. The van der Waals surface area contributed by atoms with E-state index in [9.17, 15) is 0 Å². The van der Waals surface area contributed by atoms with Crippen molar-refractivity contribution >= 4 is 21.7 Å². The summed E-state index contributed by atoms with van der Waals surface area (Å²) in [4.78, 5) is 4.37. The Hall–Kier alpha value is -0.570. The van der Waals surface area contributed by atoms with Gasteiger partial charge >= 0.3 is 0 Å². The summed E-state index contributed by atoms with van der Waals surface area (Å²) in [5.74, 6) is 2.74. The van der Waals surface area contributed by atoms with Gasteiger partial charge in [0.15, 0.2) is 0 Å². The summed E-state index contributed by atoms with van der Waals surface area (Å²) in [5, 5.41) is 3.43. The molecule has 1 N–H and O–H groups in total. The maximum Gasteiger partial charge on any atom is 0.128 e. The molecule has 0 aliphatic heterocycles. The van der Waals surface area contributed by atoms with E-state index < -0.39 is 0 Å². The van der Waals surface area contributed by atoms with Gasteiger partial charge in [-0.05, 0) is 59.2 Å². The van der Waals surface area contributed by atoms with Gasteiger partial charge in [0.05, 0.1) is 0 Å². The number of aryl methyl sites for hydroxylation is 1. The number of halogens is 1. The molecule has 1 unspecified atom stereocenters. The van der Waals surface area contributed by atoms with Crippen LogP contribution in [0.4, 0.5) is 5.82 Å². The van der Waals surface area contributed by atoms with Crippen molar-refractivity contribution in [1.29, 1.82) is 0 Å². The first-order chi connectivity index (χ1) is 7.16. The topological polar surface area (TPSA) is 24.9 Å². The monoisotopic (exact) mass is 268 g/mol. The minimum Gasteiger partial charge on any atom is -0.370 e. The van der Waals surface area contributed by atoms with E-state index in [0.717, 1.165) is 28.7 Å². The van der Waals surface area contributed by atoms with E-state index in [1.54, 1.807) is 0 Å². The highest BCUT2D eigenvalue weighted by atomic mass is 79.9. The summed E-state index contributed by atoms with van der Waals surface area (Å²) in [5.41, 5.74) is 1.20. The molecular formula is C12H17BrN2. The van der Waals surface area contributed by atoms with Crippen molar-refractivity contribution < 1.29 is 0 Å². The molecule has 15 heavy (non-hydrogen) atoms. The summed E-state index contributed by atoms with van der Waals surface area (Å²) in [6.07, 6.45) is 4.67. The molecule has 1 aromatic heterocycles. The van der Waals surface area contributed by atoms with E-state index in [1.165, 1.54) is 18.4 Å². The Balaban J connectivity index is 1.92. The van der Waals surface area contributed by atoms with Crippen LogP contribution in [0.1, 0.15) is 25.3 Å². The molecule has 2 nitrogen and oxygen atoms in total. The van der Waals surface area contributed by atoms with E-state index in [1.807, 2.05) is 6.20 Å². The lowest BCUT2D eigenvalue weighted by Crippen LogP contribution is -2.14. The van der Waals surface area contributed by atoms with Crippen LogP contribution in [0.5, 0.6) is 0 Å². The van der Waals surface area contributed by atoms with Gasteiger partial charge in [0, 0.05) is 17.2 Å². The Morgan fingerprint density at radius 3 is 2.93 bits per heavy atom. The third kappa shape index (κ3) is 2.94. The average molecular weight is 269 g/mol. The SMILES string of the molecule is Cc1cc(Br)cnc1NCC(C)C1CC1. The summed E-state index contributed by atoms with van der Waals surface area (Å²) in [6.45, 7) is 5.45. The van der Waals surface area contributed by atoms with Gasteiger partial charge < -0.3 is 5.32 Å². The largest absolute Gasteiger partial charge is 0.370 e. The first-order valence-corrected chi connectivity index (χ1v) is 6.32. The van der Waals surface area contributed by atoms with Crippen LogP contribution in [0.3, 0.4) is 0 Å². The zero-order valence-corrected chi connectivity index (χ0v) is 10.8. The Bertz CT molecular complexity index is 347. The number of rotatable bonds is 4. The fourth-order valence-electron chi connectivity index (χ4n) is 1.82. The van der Waals surface area contributed by atoms with Gasteiger partial charge in [-0.15, -0.1) is 0 Å². The Morgan fingerprint density at radius 2 is 2.33 bits per heavy atom. The number of pyridine rings is 1. The van der Waals surface area contributed by atoms with Gasteiger partial charge in [-0.3, -0.25) is 0 Å². The molecule has 1 aliphatic rings. The minimum atomic E-state index is 0.773. The van der Waals surface area contributed by atoms with E-state index in [2.05, 4.69) is 46.1 Å². The Kier molecular flexibility index (Phi) is 3.29. The van der Waals surface area contributed by atoms with Crippen LogP contribution in [-0.2, 0) is 0 Å². The predicted molar refractivity (Wildman–Crippen MR) is 67.1 cm³/mol. The highest BCUT2D eigenvalue weighted by Crippen LogP contribution is 2.36. The molecule has 82 valence electrons. The van der Waals surface area contributed by atoms with Gasteiger partial charge in [-0.2, -0.15) is 0 Å². The molecule has 0 saturated heterocycles. The van der Waals surface area contributed by atoms with E-state index in [-0.39, 0.29) is 0 Å². The van der Waals surface area contributed by atoms with Gasteiger partial charge in [-0.25, -0.2) is 4.98 Å². The number of nitrogens with one attached hydrogen (secondary N) is 1. The Labute approximate surface area is 99.6 Å². The zero-order chi connectivity index (χ0) is 10.8. The van der Waals surface area contributed by atoms with Crippen LogP contribution in [0.15, 0.2) is 16.7 Å². The molecule has 0 radical (unpaired) electrons. The van der Waals surface area contributed by atoms with Crippen LogP contribution < -0.4 is 5.32 Å². The van der Waals surface area contributed by atoms with Gasteiger partial charge in [-0.1, -0.05) is 6.92 Å². The molecule has 1 aliphatic carbocycles. The number of nitrogens with zero attached hydrogens (tertiary/aromatic N) is 1. The van der Waals surface area contributed by atoms with Crippen LogP contribution in [0.25, 0.3) is 0 Å². The minimum absolute atomic E-state index is 0.773. The number of hydrogen-bond acceptors (Lipinski definition) is 2. The fraction of sp³-hybridized carbons (Fsp3) is 0.583. The maximum absolute atomic E-state index is 4.37. The molecular weight excluding hydrogens is 252 g/mol. The predicted octanol–water partition coefficient (Wildman–Crippen LogP) is 3.61. The van der Waals surface area contributed by atoms with E-state index in [4.69, 9.17) is 0 Å². The zero-order valence-electron chi connectivity index (χ0n) is 9.26. The van der Waals surface area contributed by atoms with Crippen molar-refractivity contribution in [2.24, 2.45) is 11.8 Å². The molecule has 2 rings (SSSR count). The molecule has 0 aromatic carbocycles. The van der Waals surface area contributed by atoms with Crippen LogP contribution in [0.2, 0.25) is 0 Å². The molecule has 1 atom stereocenters. The van der Waals surface area contributed by atoms with Crippen molar-refractivity contribution in [2.45, 2.75) is 26.7 Å². The maximum atomic E-state index is 4.37. The number of aromatic nitrogens is 1. The molecule has 1 heterocycles. The van der Waals surface area contributed by atoms with Gasteiger partial charge in [0.2, 0.25) is 0 Å². The first kappa shape index (κ1) is 10.9. The average Bonchev–Trinajstić information content (AvgIpc) is 2.99. The Morgan fingerprint density at radius 1 is 1.60 bits per heavy atom. The van der Waals surface area contributed by atoms with E-state index >= 15 is 0 Å². The van der Waals surface area contributed by atoms with Crippen LogP contribution >= 0.6 is 15.9 Å². The van der Waals surface area contributed by atoms with Crippen molar-refractivity contribution in [3.63, 3.8) is 0 Å². The third-order valence-electron chi connectivity index (χ3n) is 3.06. The molecule has 3 heteroatoms. The molecule has 0 bridgehead atoms. The standard InChI is InChI=1S/C12H17BrN2/c1-8-5-11(13)7-15-12(8)14-6-9(2)10-3-4-10/h5,7,9-10H,3-4,6H2,1-2H3,(H,14,15). The second-order valence-corrected chi connectivity index (χ2v) is 5.43. The van der Waals surface area contributed by atoms with Gasteiger partial charge in [0.25, 0.3) is 0 Å². The van der Waals surface area contributed by atoms with Gasteiger partial charge in [0.1, 0.15) is 5.82 Å². The molecule has 0 amide bonds. The van der Waals surface area contributed by atoms with E-state index in [0.29, 0.717) is 0 Å². The summed E-state index contributed by atoms with van der Waals surface area (Å²) in [7, 11) is 0. The lowest BCUT2D eigenvalue weighted by atomic mass is 10.1. The highest BCUT2D eigenvalue weighted by molar-refractivity contribution is 9.10.